The molecule has 4 rings (SSSR count). The van der Waals surface area contributed by atoms with Crippen molar-refractivity contribution >= 4 is 32.7 Å². The molecule has 1 aromatic heterocycles. The molecule has 0 aliphatic carbocycles. The molecule has 1 N–H and O–H groups in total. The highest BCUT2D eigenvalue weighted by molar-refractivity contribution is 9.10. The number of halogens is 3. The third-order valence-corrected chi connectivity index (χ3v) is 6.95. The number of nitrogens with one attached hydrogen (secondary N) is 1. The number of aromatic amines is 1. The molecule has 0 spiro atoms. The lowest BCUT2D eigenvalue weighted by atomic mass is 9.91. The SMILES string of the molecule is CC(C)CC1c2[nH]c3ccc(Br)cc3c2CCN1C(=O)CCN1CCC(F)(F)CC1. The third kappa shape index (κ3) is 4.57. The van der Waals surface area contributed by atoms with Crippen LogP contribution in [-0.2, 0) is 11.2 Å². The molecule has 4 nitrogen and oxygen atoms in total. The lowest BCUT2D eigenvalue weighted by Crippen LogP contribution is -2.44. The molecule has 1 amide bonds. The largest absolute Gasteiger partial charge is 0.356 e. The van der Waals surface area contributed by atoms with Crippen molar-refractivity contribution in [1.82, 2.24) is 14.8 Å². The maximum Gasteiger partial charge on any atom is 0.250 e. The van der Waals surface area contributed by atoms with Gasteiger partial charge in [-0.3, -0.25) is 4.79 Å². The Hall–Kier alpha value is -1.47. The van der Waals surface area contributed by atoms with Crippen molar-refractivity contribution in [3.05, 3.63) is 33.9 Å². The van der Waals surface area contributed by atoms with Crippen LogP contribution in [0.4, 0.5) is 8.78 Å². The maximum absolute atomic E-state index is 13.4. The second kappa shape index (κ2) is 8.58. The van der Waals surface area contributed by atoms with E-state index in [4.69, 9.17) is 0 Å². The van der Waals surface area contributed by atoms with Crippen LogP contribution in [0.2, 0.25) is 0 Å². The number of carbonyl (C=O) groups excluding carboxylic acids is 1. The average molecular weight is 482 g/mol. The van der Waals surface area contributed by atoms with E-state index in [1.54, 1.807) is 0 Å². The van der Waals surface area contributed by atoms with Gasteiger partial charge in [0.15, 0.2) is 0 Å². The summed E-state index contributed by atoms with van der Waals surface area (Å²) >= 11 is 3.57. The molecule has 1 aromatic carbocycles. The van der Waals surface area contributed by atoms with Gasteiger partial charge in [-0.05, 0) is 42.5 Å². The molecule has 1 saturated heterocycles. The van der Waals surface area contributed by atoms with E-state index in [2.05, 4.69) is 46.9 Å². The summed E-state index contributed by atoms with van der Waals surface area (Å²) in [5.74, 6) is -1.96. The standard InChI is InChI=1S/C23H30BrF2N3O/c1-15(2)13-20-22-17(18-14-16(24)3-4-19(18)27-22)5-10-29(20)21(30)6-9-28-11-7-23(25,26)8-12-28/h3-4,14-15,20,27H,5-13H2,1-2H3. The Balaban J connectivity index is 1.50. The molecule has 3 heterocycles. The van der Waals surface area contributed by atoms with Crippen molar-refractivity contribution in [2.75, 3.05) is 26.2 Å². The number of benzene rings is 1. The van der Waals surface area contributed by atoms with Crippen molar-refractivity contribution in [1.29, 1.82) is 0 Å². The zero-order chi connectivity index (χ0) is 21.5. The van der Waals surface area contributed by atoms with E-state index in [0.717, 1.165) is 28.5 Å². The average Bonchev–Trinajstić information content (AvgIpc) is 3.05. The van der Waals surface area contributed by atoms with E-state index in [-0.39, 0.29) is 24.8 Å². The van der Waals surface area contributed by atoms with Crippen LogP contribution in [0.15, 0.2) is 22.7 Å². The number of likely N-dealkylation sites (tertiary alicyclic amines) is 1. The molecule has 7 heteroatoms. The number of piperidine rings is 1. The molecule has 2 aromatic rings. The predicted molar refractivity (Wildman–Crippen MR) is 119 cm³/mol. The van der Waals surface area contributed by atoms with E-state index < -0.39 is 5.92 Å². The normalized spacial score (nSPS) is 21.9. The quantitative estimate of drug-likeness (QED) is 0.610. The number of nitrogens with zero attached hydrogens (tertiary/aromatic N) is 2. The van der Waals surface area contributed by atoms with E-state index in [1.165, 1.54) is 10.9 Å². The summed E-state index contributed by atoms with van der Waals surface area (Å²) in [4.78, 5) is 20.8. The number of rotatable bonds is 5. The molecule has 2 aliphatic heterocycles. The van der Waals surface area contributed by atoms with E-state index in [1.807, 2.05) is 15.9 Å². The molecule has 1 unspecified atom stereocenters. The summed E-state index contributed by atoms with van der Waals surface area (Å²) in [6.45, 7) is 6.38. The van der Waals surface area contributed by atoms with Gasteiger partial charge in [-0.25, -0.2) is 8.78 Å². The van der Waals surface area contributed by atoms with Gasteiger partial charge in [0.05, 0.1) is 6.04 Å². The first-order valence-corrected chi connectivity index (χ1v) is 11.7. The Bertz CT molecular complexity index is 917. The van der Waals surface area contributed by atoms with Crippen molar-refractivity contribution in [3.8, 4) is 0 Å². The summed E-state index contributed by atoms with van der Waals surface area (Å²) in [5, 5.41) is 1.23. The van der Waals surface area contributed by atoms with Crippen molar-refractivity contribution < 1.29 is 13.6 Å². The molecule has 0 bridgehead atoms. The fourth-order valence-corrected chi connectivity index (χ4v) is 5.19. The minimum Gasteiger partial charge on any atom is -0.356 e. The Kier molecular flexibility index (Phi) is 6.22. The van der Waals surface area contributed by atoms with Crippen LogP contribution in [0.1, 0.15) is 56.8 Å². The summed E-state index contributed by atoms with van der Waals surface area (Å²) < 4.78 is 27.8. The van der Waals surface area contributed by atoms with Crippen LogP contribution in [-0.4, -0.2) is 52.8 Å². The lowest BCUT2D eigenvalue weighted by molar-refractivity contribution is -0.135. The molecule has 164 valence electrons. The van der Waals surface area contributed by atoms with Gasteiger partial charge in [-0.15, -0.1) is 0 Å². The van der Waals surface area contributed by atoms with Crippen LogP contribution in [0.25, 0.3) is 10.9 Å². The summed E-state index contributed by atoms with van der Waals surface area (Å²) in [6.07, 6.45) is 1.93. The van der Waals surface area contributed by atoms with Crippen molar-refractivity contribution in [3.63, 3.8) is 0 Å². The highest BCUT2D eigenvalue weighted by atomic mass is 79.9. The second-order valence-electron chi connectivity index (χ2n) is 9.14. The van der Waals surface area contributed by atoms with E-state index in [9.17, 15) is 13.6 Å². The lowest BCUT2D eigenvalue weighted by Gasteiger charge is -2.38. The minimum atomic E-state index is -2.54. The number of carbonyl (C=O) groups is 1. The zero-order valence-electron chi connectivity index (χ0n) is 17.7. The molecular weight excluding hydrogens is 452 g/mol. The van der Waals surface area contributed by atoms with Crippen LogP contribution in [0.3, 0.4) is 0 Å². The Morgan fingerprint density at radius 2 is 2.00 bits per heavy atom. The molecule has 1 atom stereocenters. The van der Waals surface area contributed by atoms with E-state index in [0.29, 0.717) is 38.5 Å². The zero-order valence-corrected chi connectivity index (χ0v) is 19.3. The number of hydrogen-bond donors (Lipinski definition) is 1. The number of hydrogen-bond acceptors (Lipinski definition) is 2. The number of fused-ring (bicyclic) bond motifs is 3. The highest BCUT2D eigenvalue weighted by Gasteiger charge is 2.36. The summed E-state index contributed by atoms with van der Waals surface area (Å²) in [5.41, 5.74) is 3.59. The number of alkyl halides is 2. The fraction of sp³-hybridized carbons (Fsp3) is 0.609. The number of amides is 1. The maximum atomic E-state index is 13.4. The summed E-state index contributed by atoms with van der Waals surface area (Å²) in [7, 11) is 0. The van der Waals surface area contributed by atoms with Crippen LogP contribution < -0.4 is 0 Å². The van der Waals surface area contributed by atoms with Gasteiger partial charge in [0.1, 0.15) is 0 Å². The van der Waals surface area contributed by atoms with Crippen LogP contribution in [0.5, 0.6) is 0 Å². The summed E-state index contributed by atoms with van der Waals surface area (Å²) in [6, 6.07) is 6.31. The predicted octanol–water partition coefficient (Wildman–Crippen LogP) is 5.52. The first kappa shape index (κ1) is 21.8. The molecule has 0 radical (unpaired) electrons. The van der Waals surface area contributed by atoms with Crippen molar-refractivity contribution in [2.24, 2.45) is 5.92 Å². The molecule has 0 saturated carbocycles. The molecular formula is C23H30BrF2N3O. The molecule has 30 heavy (non-hydrogen) atoms. The monoisotopic (exact) mass is 481 g/mol. The van der Waals surface area contributed by atoms with E-state index >= 15 is 0 Å². The van der Waals surface area contributed by atoms with Gasteiger partial charge in [0.2, 0.25) is 5.91 Å². The topological polar surface area (TPSA) is 39.3 Å². The first-order valence-electron chi connectivity index (χ1n) is 10.9. The second-order valence-corrected chi connectivity index (χ2v) is 10.1. The first-order chi connectivity index (χ1) is 14.2. The highest BCUT2D eigenvalue weighted by Crippen LogP contribution is 2.39. The Morgan fingerprint density at radius 1 is 1.27 bits per heavy atom. The van der Waals surface area contributed by atoms with Gasteiger partial charge < -0.3 is 14.8 Å². The molecule has 2 aliphatic rings. The van der Waals surface area contributed by atoms with Crippen molar-refractivity contribution in [2.45, 2.75) is 57.9 Å². The van der Waals surface area contributed by atoms with Gasteiger partial charge >= 0.3 is 0 Å². The van der Waals surface area contributed by atoms with Gasteiger partial charge in [-0.1, -0.05) is 29.8 Å². The Labute approximate surface area is 185 Å². The van der Waals surface area contributed by atoms with Gasteiger partial charge in [-0.2, -0.15) is 0 Å². The smallest absolute Gasteiger partial charge is 0.250 e. The number of aromatic nitrogens is 1. The van der Waals surface area contributed by atoms with Gasteiger partial charge in [0, 0.05) is 66.5 Å². The third-order valence-electron chi connectivity index (χ3n) is 6.46. The fourth-order valence-electron chi connectivity index (χ4n) is 4.83. The number of H-pyrrole nitrogens is 1. The minimum absolute atomic E-state index is 0.0399. The molecule has 1 fully saturated rings. The van der Waals surface area contributed by atoms with Crippen LogP contribution >= 0.6 is 15.9 Å². The Morgan fingerprint density at radius 3 is 2.70 bits per heavy atom. The van der Waals surface area contributed by atoms with Gasteiger partial charge in [0.25, 0.3) is 5.92 Å². The van der Waals surface area contributed by atoms with Crippen LogP contribution in [0, 0.1) is 5.92 Å².